The van der Waals surface area contributed by atoms with E-state index in [1.807, 2.05) is 60.7 Å². The Hall–Kier alpha value is -4.91. The van der Waals surface area contributed by atoms with Crippen molar-refractivity contribution in [1.29, 1.82) is 0 Å². The Morgan fingerprint density at radius 1 is 0.744 bits per heavy atom. The van der Waals surface area contributed by atoms with Crippen molar-refractivity contribution in [2.75, 3.05) is 0 Å². The number of pyridine rings is 3. The molecular weight excluding hydrogens is 725 g/mol. The molecule has 3 heterocycles. The minimum absolute atomic E-state index is 0. The number of carboxylic acid groups (broad SMARTS) is 1. The molecular formula is C35H21F2IrN3O2-2. The van der Waals surface area contributed by atoms with Crippen LogP contribution in [-0.2, 0) is 25.5 Å². The van der Waals surface area contributed by atoms with E-state index in [4.69, 9.17) is 15.1 Å². The molecule has 0 unspecified atom stereocenters. The van der Waals surface area contributed by atoms with Gasteiger partial charge in [-0.3, -0.25) is 14.4 Å². The molecule has 0 saturated heterocycles. The second kappa shape index (κ2) is 12.5. The first-order chi connectivity index (χ1) is 20.5. The van der Waals surface area contributed by atoms with Gasteiger partial charge in [-0.15, -0.1) is 59.2 Å². The molecule has 1 aliphatic carbocycles. The smallest absolute Gasteiger partial charge is 0.354 e. The Bertz CT molecular complexity index is 1840. The first-order valence-corrected chi connectivity index (χ1v) is 13.0. The van der Waals surface area contributed by atoms with Crippen molar-refractivity contribution in [2.24, 2.45) is 0 Å². The second-order valence-corrected chi connectivity index (χ2v) is 9.47. The largest absolute Gasteiger partial charge is 0.477 e. The van der Waals surface area contributed by atoms with Gasteiger partial charge in [-0.05, 0) is 53.7 Å². The van der Waals surface area contributed by atoms with Gasteiger partial charge >= 0.3 is 5.97 Å². The molecule has 0 saturated carbocycles. The third kappa shape index (κ3) is 5.50. The zero-order valence-electron chi connectivity index (χ0n) is 22.3. The van der Waals surface area contributed by atoms with Crippen molar-refractivity contribution in [3.05, 3.63) is 174 Å². The van der Waals surface area contributed by atoms with Crippen molar-refractivity contribution in [1.82, 2.24) is 15.0 Å². The molecule has 0 spiro atoms. The zero-order valence-corrected chi connectivity index (χ0v) is 24.7. The fraction of sp³-hybridized carbons (Fsp3) is 0.0286. The Morgan fingerprint density at radius 2 is 1.49 bits per heavy atom. The zero-order chi connectivity index (χ0) is 29.1. The van der Waals surface area contributed by atoms with Gasteiger partial charge in [-0.25, -0.2) is 14.2 Å². The molecule has 0 aliphatic heterocycles. The summed E-state index contributed by atoms with van der Waals surface area (Å²) < 4.78 is 28.7. The molecule has 1 atom stereocenters. The molecule has 213 valence electrons. The quantitative estimate of drug-likeness (QED) is 0.194. The summed E-state index contributed by atoms with van der Waals surface area (Å²) in [5, 5.41) is 8.32. The number of hydrogen-bond acceptors (Lipinski definition) is 4. The number of hydrogen-bond donors (Lipinski definition) is 1. The number of aromatic nitrogens is 3. The van der Waals surface area contributed by atoms with Gasteiger partial charge in [0.1, 0.15) is 11.5 Å². The van der Waals surface area contributed by atoms with Crippen LogP contribution in [0.5, 0.6) is 0 Å². The third-order valence-corrected chi connectivity index (χ3v) is 7.01. The minimum atomic E-state index is -0.990. The van der Waals surface area contributed by atoms with Gasteiger partial charge in [0.05, 0.1) is 11.1 Å². The maximum atomic E-state index is 14.4. The average molecular weight is 746 g/mol. The van der Waals surface area contributed by atoms with Gasteiger partial charge in [-0.2, -0.15) is 6.07 Å². The van der Waals surface area contributed by atoms with Crippen LogP contribution in [0.2, 0.25) is 0 Å². The van der Waals surface area contributed by atoms with Gasteiger partial charge in [0.25, 0.3) is 0 Å². The molecule has 1 N–H and O–H groups in total. The van der Waals surface area contributed by atoms with Crippen LogP contribution in [0.1, 0.15) is 33.0 Å². The number of halogens is 2. The molecule has 5 nitrogen and oxygen atoms in total. The van der Waals surface area contributed by atoms with Gasteiger partial charge in [-0.1, -0.05) is 35.9 Å². The van der Waals surface area contributed by atoms with Crippen LogP contribution in [0.25, 0.3) is 22.4 Å². The van der Waals surface area contributed by atoms with Crippen LogP contribution in [0, 0.1) is 23.8 Å². The molecule has 43 heavy (non-hydrogen) atoms. The third-order valence-electron chi connectivity index (χ3n) is 7.01. The summed E-state index contributed by atoms with van der Waals surface area (Å²) in [4.78, 5) is 23.5. The molecule has 1 aliphatic rings. The summed E-state index contributed by atoms with van der Waals surface area (Å²) in [6.07, 6.45) is 3.17. The SMILES string of the molecule is Fc1c[c-]c2c(c1)-c1cc(F)ccc1[C@]2(c1ccccn1)c1cccc(-c2[c-]cccc2)n1.O=C(O)c1ccccn1.[Ir]. The average Bonchev–Trinajstić information content (AvgIpc) is 3.32. The minimum Gasteiger partial charge on any atom is -0.477 e. The molecule has 8 heteroatoms. The van der Waals surface area contributed by atoms with Gasteiger partial charge in [0, 0.05) is 44.0 Å². The molecule has 0 amide bonds. The van der Waals surface area contributed by atoms with E-state index < -0.39 is 17.2 Å². The van der Waals surface area contributed by atoms with Crippen molar-refractivity contribution >= 4 is 5.97 Å². The van der Waals surface area contributed by atoms with Crippen LogP contribution >= 0.6 is 0 Å². The number of aromatic carboxylic acids is 1. The first-order valence-electron chi connectivity index (χ1n) is 13.0. The van der Waals surface area contributed by atoms with Crippen molar-refractivity contribution in [3.63, 3.8) is 0 Å². The normalized spacial score (nSPS) is 14.4. The van der Waals surface area contributed by atoms with E-state index in [0.717, 1.165) is 16.8 Å². The van der Waals surface area contributed by atoms with Gasteiger partial charge in [0.2, 0.25) is 0 Å². The Labute approximate surface area is 260 Å². The molecule has 7 rings (SSSR count). The molecule has 0 bridgehead atoms. The van der Waals surface area contributed by atoms with E-state index in [0.29, 0.717) is 28.1 Å². The number of rotatable bonds is 4. The van der Waals surface area contributed by atoms with Crippen molar-refractivity contribution in [3.8, 4) is 22.4 Å². The summed E-state index contributed by atoms with van der Waals surface area (Å²) in [5.41, 5.74) is 4.82. The number of carbonyl (C=O) groups is 1. The summed E-state index contributed by atoms with van der Waals surface area (Å²) in [5.74, 6) is -1.81. The molecule has 0 fully saturated rings. The van der Waals surface area contributed by atoms with E-state index in [9.17, 15) is 13.6 Å². The topological polar surface area (TPSA) is 76.0 Å². The second-order valence-electron chi connectivity index (χ2n) is 9.47. The van der Waals surface area contributed by atoms with Crippen LogP contribution in [0.15, 0.2) is 122 Å². The van der Waals surface area contributed by atoms with Crippen LogP contribution in [-0.4, -0.2) is 26.0 Å². The van der Waals surface area contributed by atoms with E-state index in [2.05, 4.69) is 17.1 Å². The van der Waals surface area contributed by atoms with E-state index in [-0.39, 0.29) is 31.6 Å². The Morgan fingerprint density at radius 3 is 2.16 bits per heavy atom. The monoisotopic (exact) mass is 746 g/mol. The Balaban J connectivity index is 0.000000318. The van der Waals surface area contributed by atoms with Crippen molar-refractivity contribution < 1.29 is 38.8 Å². The predicted octanol–water partition coefficient (Wildman–Crippen LogP) is 7.16. The van der Waals surface area contributed by atoms with Gasteiger partial charge < -0.3 is 5.11 Å². The number of benzene rings is 3. The van der Waals surface area contributed by atoms with E-state index in [1.54, 1.807) is 24.4 Å². The van der Waals surface area contributed by atoms with Crippen LogP contribution < -0.4 is 0 Å². The maximum Gasteiger partial charge on any atom is 0.354 e. The molecule has 1 radical (unpaired) electrons. The number of fused-ring (bicyclic) bond motifs is 3. The first kappa shape index (κ1) is 29.6. The number of nitrogens with zero attached hydrogens (tertiary/aromatic N) is 3. The molecule has 3 aromatic carbocycles. The van der Waals surface area contributed by atoms with Crippen molar-refractivity contribution in [2.45, 2.75) is 5.41 Å². The van der Waals surface area contributed by atoms with E-state index >= 15 is 0 Å². The molecule has 6 aromatic rings. The predicted molar refractivity (Wildman–Crippen MR) is 154 cm³/mol. The Kier molecular flexibility index (Phi) is 8.62. The summed E-state index contributed by atoms with van der Waals surface area (Å²) in [7, 11) is 0. The number of carboxylic acids is 1. The van der Waals surface area contributed by atoms with Crippen LogP contribution in [0.3, 0.4) is 0 Å². The summed E-state index contributed by atoms with van der Waals surface area (Å²) >= 11 is 0. The van der Waals surface area contributed by atoms with Gasteiger partial charge in [0.15, 0.2) is 0 Å². The van der Waals surface area contributed by atoms with E-state index in [1.165, 1.54) is 36.5 Å². The fourth-order valence-corrected chi connectivity index (χ4v) is 5.28. The molecule has 3 aromatic heterocycles. The fourth-order valence-electron chi connectivity index (χ4n) is 5.28. The summed E-state index contributed by atoms with van der Waals surface area (Å²) in [6, 6.07) is 37.6. The summed E-state index contributed by atoms with van der Waals surface area (Å²) in [6.45, 7) is 0. The standard InChI is InChI=1S/C29H16F2N2.C6H5NO2.Ir/c30-20-12-14-24-22(17-20)23-18-21(31)13-15-25(23)29(24,27-10-4-5-16-32-27)28-11-6-9-26(33-28)19-7-2-1-3-8-19;8-6(9)5-3-1-2-4-7-5;/h1-7,9-14,16-18H;1-4H,(H,8,9);/q-2;;/t29-;;/m0../s1. The maximum absolute atomic E-state index is 14.4. The van der Waals surface area contributed by atoms with Crippen LogP contribution in [0.4, 0.5) is 8.78 Å².